The van der Waals surface area contributed by atoms with Gasteiger partial charge in [0.1, 0.15) is 23.6 Å². The summed E-state index contributed by atoms with van der Waals surface area (Å²) in [5.41, 5.74) is -1.67. The number of halogens is 6. The first kappa shape index (κ1) is 25.5. The van der Waals surface area contributed by atoms with Crippen molar-refractivity contribution in [3.63, 3.8) is 0 Å². The predicted molar refractivity (Wildman–Crippen MR) is 107 cm³/mol. The van der Waals surface area contributed by atoms with Gasteiger partial charge in [0.25, 0.3) is 5.91 Å². The zero-order valence-corrected chi connectivity index (χ0v) is 17.3. The summed E-state index contributed by atoms with van der Waals surface area (Å²) >= 11 is 0. The number of aryl methyl sites for hydroxylation is 1. The van der Waals surface area contributed by atoms with Gasteiger partial charge in [-0.3, -0.25) is 9.59 Å². The smallest absolute Gasteiger partial charge is 0.456 e. The summed E-state index contributed by atoms with van der Waals surface area (Å²) in [6.45, 7) is 1.42. The van der Waals surface area contributed by atoms with E-state index in [0.717, 1.165) is 30.3 Å². The number of benzene rings is 2. The number of alkyl halides is 5. The third kappa shape index (κ3) is 6.15. The van der Waals surface area contributed by atoms with Crippen LogP contribution >= 0.6 is 0 Å². The van der Waals surface area contributed by atoms with Crippen LogP contribution in [0.4, 0.5) is 26.3 Å². The Morgan fingerprint density at radius 1 is 1.03 bits per heavy atom. The van der Waals surface area contributed by atoms with Crippen LogP contribution in [0.1, 0.15) is 21.5 Å². The SMILES string of the molecule is CN/C=C\C(=C/C=O)NC(=O)c1ccc(C(F)(F)C(F)(F)F)cc1Oc1ccc(F)cc1C. The number of hydrogen-bond acceptors (Lipinski definition) is 4. The van der Waals surface area contributed by atoms with Crippen LogP contribution in [0.15, 0.2) is 60.4 Å². The van der Waals surface area contributed by atoms with E-state index in [1.165, 1.54) is 19.2 Å². The van der Waals surface area contributed by atoms with Gasteiger partial charge in [-0.05, 0) is 55.1 Å². The van der Waals surface area contributed by atoms with Crippen molar-refractivity contribution in [3.05, 3.63) is 83.0 Å². The lowest BCUT2D eigenvalue weighted by Crippen LogP contribution is -2.33. The fourth-order valence-corrected chi connectivity index (χ4v) is 2.58. The summed E-state index contributed by atoms with van der Waals surface area (Å²) in [6, 6.07) is 4.74. The van der Waals surface area contributed by atoms with Crippen LogP contribution < -0.4 is 15.4 Å². The summed E-state index contributed by atoms with van der Waals surface area (Å²) in [4.78, 5) is 23.5. The molecule has 0 saturated carbocycles. The Balaban J connectivity index is 2.57. The molecule has 176 valence electrons. The van der Waals surface area contributed by atoms with Crippen molar-refractivity contribution in [2.45, 2.75) is 19.0 Å². The van der Waals surface area contributed by atoms with Gasteiger partial charge in [0.15, 0.2) is 0 Å². The first-order valence-corrected chi connectivity index (χ1v) is 9.24. The van der Waals surface area contributed by atoms with Gasteiger partial charge < -0.3 is 15.4 Å². The number of allylic oxidation sites excluding steroid dienone is 2. The number of aldehydes is 1. The number of ether oxygens (including phenoxy) is 1. The molecule has 0 heterocycles. The Morgan fingerprint density at radius 2 is 1.73 bits per heavy atom. The molecule has 0 radical (unpaired) electrons. The molecule has 0 aliphatic rings. The van der Waals surface area contributed by atoms with Crippen molar-refractivity contribution in [1.82, 2.24) is 10.6 Å². The molecule has 0 unspecified atom stereocenters. The van der Waals surface area contributed by atoms with Gasteiger partial charge in [0.05, 0.1) is 5.56 Å². The van der Waals surface area contributed by atoms with E-state index < -0.39 is 40.7 Å². The Kier molecular flexibility index (Phi) is 7.91. The highest BCUT2D eigenvalue weighted by Crippen LogP contribution is 2.45. The molecular weight excluding hydrogens is 454 g/mol. The molecule has 0 fully saturated rings. The highest BCUT2D eigenvalue weighted by Gasteiger charge is 2.58. The lowest BCUT2D eigenvalue weighted by Gasteiger charge is -2.21. The molecule has 2 aromatic carbocycles. The van der Waals surface area contributed by atoms with Crippen molar-refractivity contribution in [2.24, 2.45) is 0 Å². The van der Waals surface area contributed by atoms with Crippen molar-refractivity contribution in [1.29, 1.82) is 0 Å². The zero-order valence-electron chi connectivity index (χ0n) is 17.3. The molecule has 5 nitrogen and oxygen atoms in total. The second-order valence-electron chi connectivity index (χ2n) is 6.63. The van der Waals surface area contributed by atoms with Gasteiger partial charge in [-0.2, -0.15) is 22.0 Å². The van der Waals surface area contributed by atoms with Crippen LogP contribution in [0.5, 0.6) is 11.5 Å². The molecule has 0 spiro atoms. The van der Waals surface area contributed by atoms with Crippen molar-refractivity contribution in [3.8, 4) is 11.5 Å². The molecule has 2 aromatic rings. The Hall–Kier alpha value is -3.76. The van der Waals surface area contributed by atoms with Crippen LogP contribution in [0.2, 0.25) is 0 Å². The topological polar surface area (TPSA) is 67.4 Å². The van der Waals surface area contributed by atoms with E-state index in [9.17, 15) is 35.9 Å². The maximum absolute atomic E-state index is 13.9. The lowest BCUT2D eigenvalue weighted by molar-refractivity contribution is -0.289. The average Bonchev–Trinajstić information content (AvgIpc) is 2.73. The Bertz CT molecular complexity index is 1090. The highest BCUT2D eigenvalue weighted by atomic mass is 19.4. The van der Waals surface area contributed by atoms with Crippen molar-refractivity contribution in [2.75, 3.05) is 7.05 Å². The fraction of sp³-hybridized carbons (Fsp3) is 0.182. The van der Waals surface area contributed by atoms with E-state index in [1.54, 1.807) is 7.05 Å². The monoisotopic (exact) mass is 472 g/mol. The van der Waals surface area contributed by atoms with E-state index in [2.05, 4.69) is 10.6 Å². The summed E-state index contributed by atoms with van der Waals surface area (Å²) < 4.78 is 85.2. The van der Waals surface area contributed by atoms with Crippen LogP contribution in [-0.2, 0) is 10.7 Å². The minimum absolute atomic E-state index is 0.00189. The molecule has 0 aliphatic heterocycles. The van der Waals surface area contributed by atoms with Gasteiger partial charge in [-0.1, -0.05) is 6.07 Å². The number of carbonyl (C=O) groups excluding carboxylic acids is 2. The second kappa shape index (κ2) is 10.2. The molecule has 0 saturated heterocycles. The van der Waals surface area contributed by atoms with Crippen molar-refractivity contribution >= 4 is 12.2 Å². The largest absolute Gasteiger partial charge is 0.458 e. The zero-order chi connectivity index (χ0) is 24.8. The molecule has 0 bridgehead atoms. The average molecular weight is 472 g/mol. The van der Waals surface area contributed by atoms with E-state index >= 15 is 0 Å². The first-order valence-electron chi connectivity index (χ1n) is 9.24. The minimum atomic E-state index is -5.89. The molecule has 0 aromatic heterocycles. The van der Waals surface area contributed by atoms with Crippen LogP contribution in [-0.4, -0.2) is 25.4 Å². The number of amides is 1. The molecule has 2 rings (SSSR count). The van der Waals surface area contributed by atoms with Gasteiger partial charge in [-0.15, -0.1) is 0 Å². The van der Waals surface area contributed by atoms with Crippen molar-refractivity contribution < 1.29 is 40.7 Å². The predicted octanol–water partition coefficient (Wildman–Crippen LogP) is 5.13. The Labute approximate surface area is 184 Å². The molecule has 0 atom stereocenters. The molecule has 0 aliphatic carbocycles. The van der Waals surface area contributed by atoms with Crippen LogP contribution in [0.3, 0.4) is 0 Å². The van der Waals surface area contributed by atoms with E-state index in [4.69, 9.17) is 4.74 Å². The van der Waals surface area contributed by atoms with Crippen LogP contribution in [0.25, 0.3) is 0 Å². The molecular formula is C22H18F6N2O3. The summed E-state index contributed by atoms with van der Waals surface area (Å²) in [5, 5.41) is 4.95. The summed E-state index contributed by atoms with van der Waals surface area (Å²) in [5.74, 6) is -7.52. The molecule has 1 amide bonds. The highest BCUT2D eigenvalue weighted by molar-refractivity contribution is 5.98. The van der Waals surface area contributed by atoms with Gasteiger partial charge in [0.2, 0.25) is 0 Å². The maximum Gasteiger partial charge on any atom is 0.458 e. The maximum atomic E-state index is 13.9. The van der Waals surface area contributed by atoms with E-state index in [1.807, 2.05) is 0 Å². The standard InChI is InChI=1S/C22H18F6N2O3/c1-13-11-15(23)4-6-18(13)33-19-12-14(21(24,25)22(26,27)28)3-5-17(19)20(32)30-16(8-10-31)7-9-29-2/h3-12,29H,1-2H3,(H,30,32)/b9-7-,16-8+. The quantitative estimate of drug-likeness (QED) is 0.242. The second-order valence-corrected chi connectivity index (χ2v) is 6.63. The van der Waals surface area contributed by atoms with Gasteiger partial charge in [-0.25, -0.2) is 4.39 Å². The number of carbonyl (C=O) groups is 2. The minimum Gasteiger partial charge on any atom is -0.456 e. The number of nitrogens with one attached hydrogen (secondary N) is 2. The fourth-order valence-electron chi connectivity index (χ4n) is 2.58. The van der Waals surface area contributed by atoms with Crippen LogP contribution in [0, 0.1) is 12.7 Å². The Morgan fingerprint density at radius 3 is 2.30 bits per heavy atom. The molecule has 2 N–H and O–H groups in total. The third-order valence-electron chi connectivity index (χ3n) is 4.24. The van der Waals surface area contributed by atoms with Gasteiger partial charge >= 0.3 is 12.1 Å². The lowest BCUT2D eigenvalue weighted by atomic mass is 10.0. The van der Waals surface area contributed by atoms with E-state index in [0.29, 0.717) is 18.4 Å². The third-order valence-corrected chi connectivity index (χ3v) is 4.24. The number of hydrogen-bond donors (Lipinski definition) is 2. The number of rotatable bonds is 8. The first-order chi connectivity index (χ1) is 15.4. The van der Waals surface area contributed by atoms with E-state index in [-0.39, 0.29) is 17.0 Å². The molecule has 33 heavy (non-hydrogen) atoms. The van der Waals surface area contributed by atoms with Gasteiger partial charge in [0, 0.05) is 24.4 Å². The molecule has 11 heteroatoms. The normalized spacial score (nSPS) is 12.5. The summed E-state index contributed by atoms with van der Waals surface area (Å²) in [7, 11) is 1.55. The summed E-state index contributed by atoms with van der Waals surface area (Å²) in [6.07, 6.45) is -1.84.